The predicted octanol–water partition coefficient (Wildman–Crippen LogP) is 4.36. The van der Waals surface area contributed by atoms with Crippen LogP contribution in [0.25, 0.3) is 0 Å². The highest BCUT2D eigenvalue weighted by atomic mass is 35.5. The summed E-state index contributed by atoms with van der Waals surface area (Å²) in [6.07, 6.45) is 7.27. The molecule has 0 spiro atoms. The summed E-state index contributed by atoms with van der Waals surface area (Å²) >= 11 is 6.31. The maximum absolute atomic E-state index is 12.9. The summed E-state index contributed by atoms with van der Waals surface area (Å²) in [6.45, 7) is 9.65. The first-order valence-electron chi connectivity index (χ1n) is 8.58. The topological polar surface area (TPSA) is 29.1 Å². The van der Waals surface area contributed by atoms with E-state index in [0.717, 1.165) is 25.2 Å². The molecule has 0 aromatic rings. The second-order valence-electron chi connectivity index (χ2n) is 9.38. The second kappa shape index (κ2) is 4.88. The standard InChI is InChI=1S/C18H30ClNO/c1-12(2)14(19)8-20-15(21)18-7-13-5-16(3,10-18)9-17(4,6-13)11-18/h12-14H,5-11H2,1-4H3,(H,20,21). The van der Waals surface area contributed by atoms with Crippen LogP contribution in [0.3, 0.4) is 0 Å². The molecule has 4 saturated carbocycles. The Morgan fingerprint density at radius 2 is 1.71 bits per heavy atom. The highest BCUT2D eigenvalue weighted by molar-refractivity contribution is 6.21. The van der Waals surface area contributed by atoms with E-state index in [9.17, 15) is 4.79 Å². The molecule has 3 heteroatoms. The third-order valence-electron chi connectivity index (χ3n) is 6.29. The SMILES string of the molecule is CC(C)C(Cl)CNC(=O)C12CC3CC(C)(CC(C)(C3)C1)C2. The quantitative estimate of drug-likeness (QED) is 0.768. The van der Waals surface area contributed by atoms with Crippen molar-refractivity contribution in [1.29, 1.82) is 0 Å². The molecule has 2 nitrogen and oxygen atoms in total. The number of amides is 1. The van der Waals surface area contributed by atoms with E-state index >= 15 is 0 Å². The number of alkyl halides is 1. The van der Waals surface area contributed by atoms with Crippen molar-refractivity contribution in [3.05, 3.63) is 0 Å². The van der Waals surface area contributed by atoms with Gasteiger partial charge in [-0.15, -0.1) is 11.6 Å². The Morgan fingerprint density at radius 3 is 2.19 bits per heavy atom. The summed E-state index contributed by atoms with van der Waals surface area (Å²) in [5, 5.41) is 3.22. The van der Waals surface area contributed by atoms with Crippen LogP contribution in [0.1, 0.15) is 66.2 Å². The molecule has 21 heavy (non-hydrogen) atoms. The van der Waals surface area contributed by atoms with Gasteiger partial charge in [-0.25, -0.2) is 0 Å². The Hall–Kier alpha value is -0.240. The van der Waals surface area contributed by atoms with E-state index < -0.39 is 0 Å². The van der Waals surface area contributed by atoms with Crippen molar-refractivity contribution in [2.45, 2.75) is 71.6 Å². The molecule has 4 fully saturated rings. The number of hydrogen-bond donors (Lipinski definition) is 1. The lowest BCUT2D eigenvalue weighted by atomic mass is 9.40. The fourth-order valence-corrected chi connectivity index (χ4v) is 6.39. The maximum Gasteiger partial charge on any atom is 0.226 e. The summed E-state index contributed by atoms with van der Waals surface area (Å²) < 4.78 is 0. The van der Waals surface area contributed by atoms with Gasteiger partial charge in [0.2, 0.25) is 5.91 Å². The van der Waals surface area contributed by atoms with Crippen LogP contribution in [0.5, 0.6) is 0 Å². The van der Waals surface area contributed by atoms with Crippen LogP contribution >= 0.6 is 11.6 Å². The molecule has 4 aliphatic rings. The van der Waals surface area contributed by atoms with Crippen LogP contribution in [-0.4, -0.2) is 17.8 Å². The van der Waals surface area contributed by atoms with Crippen molar-refractivity contribution >= 4 is 17.5 Å². The lowest BCUT2D eigenvalue weighted by Crippen LogP contribution is -2.60. The van der Waals surface area contributed by atoms with E-state index in [0.29, 0.717) is 23.3 Å². The fourth-order valence-electron chi connectivity index (χ4n) is 6.31. The number of carbonyl (C=O) groups excluding carboxylic acids is 1. The highest BCUT2D eigenvalue weighted by Gasteiger charge is 2.62. The Balaban J connectivity index is 1.74. The average Bonchev–Trinajstić information content (AvgIpc) is 2.30. The van der Waals surface area contributed by atoms with Gasteiger partial charge in [0.1, 0.15) is 0 Å². The third-order valence-corrected chi connectivity index (χ3v) is 6.95. The Kier molecular flexibility index (Phi) is 3.63. The van der Waals surface area contributed by atoms with Crippen LogP contribution in [0.15, 0.2) is 0 Å². The number of halogens is 1. The van der Waals surface area contributed by atoms with Gasteiger partial charge < -0.3 is 5.32 Å². The van der Waals surface area contributed by atoms with E-state index in [1.807, 2.05) is 0 Å². The lowest BCUT2D eigenvalue weighted by Gasteiger charge is -2.64. The van der Waals surface area contributed by atoms with Crippen LogP contribution in [-0.2, 0) is 4.79 Å². The summed E-state index contributed by atoms with van der Waals surface area (Å²) in [7, 11) is 0. The monoisotopic (exact) mass is 311 g/mol. The minimum absolute atomic E-state index is 0.0361. The van der Waals surface area contributed by atoms with Gasteiger partial charge in [0.15, 0.2) is 0 Å². The molecule has 3 unspecified atom stereocenters. The molecule has 4 rings (SSSR count). The third kappa shape index (κ3) is 2.73. The Labute approximate surface area is 134 Å². The van der Waals surface area contributed by atoms with Crippen molar-refractivity contribution in [3.8, 4) is 0 Å². The molecule has 120 valence electrons. The molecule has 0 aromatic heterocycles. The average molecular weight is 312 g/mol. The molecule has 4 bridgehead atoms. The van der Waals surface area contributed by atoms with Crippen molar-refractivity contribution in [2.24, 2.45) is 28.1 Å². The van der Waals surface area contributed by atoms with E-state index in [2.05, 4.69) is 33.0 Å². The highest BCUT2D eigenvalue weighted by Crippen LogP contribution is 2.69. The molecule has 0 heterocycles. The maximum atomic E-state index is 12.9. The van der Waals surface area contributed by atoms with Gasteiger partial charge in [-0.1, -0.05) is 27.7 Å². The lowest BCUT2D eigenvalue weighted by molar-refractivity contribution is -0.170. The van der Waals surface area contributed by atoms with E-state index in [-0.39, 0.29) is 16.7 Å². The van der Waals surface area contributed by atoms with Crippen LogP contribution in [0, 0.1) is 28.1 Å². The summed E-state index contributed by atoms with van der Waals surface area (Å²) in [5.74, 6) is 1.45. The van der Waals surface area contributed by atoms with E-state index in [1.54, 1.807) is 0 Å². The Bertz CT molecular complexity index is 428. The van der Waals surface area contributed by atoms with Crippen molar-refractivity contribution in [1.82, 2.24) is 5.32 Å². The van der Waals surface area contributed by atoms with Gasteiger partial charge in [-0.3, -0.25) is 4.79 Å². The molecule has 4 aliphatic carbocycles. The minimum atomic E-state index is -0.101. The number of hydrogen-bond acceptors (Lipinski definition) is 1. The molecule has 3 atom stereocenters. The molecule has 0 aliphatic heterocycles. The summed E-state index contributed by atoms with van der Waals surface area (Å²) in [5.41, 5.74) is 0.685. The van der Waals surface area contributed by atoms with Gasteiger partial charge in [-0.05, 0) is 61.2 Å². The van der Waals surface area contributed by atoms with Gasteiger partial charge in [0.05, 0.1) is 10.8 Å². The molecule has 1 N–H and O–H groups in total. The van der Waals surface area contributed by atoms with Crippen molar-refractivity contribution in [2.75, 3.05) is 6.54 Å². The normalized spacial score (nSPS) is 45.9. The zero-order valence-electron chi connectivity index (χ0n) is 14.0. The predicted molar refractivity (Wildman–Crippen MR) is 87.3 cm³/mol. The molecule has 0 radical (unpaired) electrons. The van der Waals surface area contributed by atoms with E-state index in [1.165, 1.54) is 19.3 Å². The first kappa shape index (κ1) is 15.6. The van der Waals surface area contributed by atoms with Crippen molar-refractivity contribution in [3.63, 3.8) is 0 Å². The molecule has 0 saturated heterocycles. The second-order valence-corrected chi connectivity index (χ2v) is 9.94. The first-order chi connectivity index (χ1) is 9.65. The fraction of sp³-hybridized carbons (Fsp3) is 0.944. The Morgan fingerprint density at radius 1 is 1.14 bits per heavy atom. The molecule has 0 aromatic carbocycles. The van der Waals surface area contributed by atoms with Gasteiger partial charge in [-0.2, -0.15) is 0 Å². The molecule has 1 amide bonds. The van der Waals surface area contributed by atoms with Crippen LogP contribution in [0.4, 0.5) is 0 Å². The number of carbonyl (C=O) groups is 1. The summed E-state index contributed by atoms with van der Waals surface area (Å²) in [4.78, 5) is 12.9. The van der Waals surface area contributed by atoms with Crippen LogP contribution < -0.4 is 5.32 Å². The van der Waals surface area contributed by atoms with Gasteiger partial charge >= 0.3 is 0 Å². The molecular formula is C18H30ClNO. The molecular weight excluding hydrogens is 282 g/mol. The zero-order valence-corrected chi connectivity index (χ0v) is 14.7. The van der Waals surface area contributed by atoms with Gasteiger partial charge in [0.25, 0.3) is 0 Å². The number of nitrogens with one attached hydrogen (secondary N) is 1. The zero-order chi connectivity index (χ0) is 15.5. The van der Waals surface area contributed by atoms with Crippen LogP contribution in [0.2, 0.25) is 0 Å². The first-order valence-corrected chi connectivity index (χ1v) is 9.02. The van der Waals surface area contributed by atoms with E-state index in [4.69, 9.17) is 11.6 Å². The van der Waals surface area contributed by atoms with Gasteiger partial charge in [0, 0.05) is 6.54 Å². The summed E-state index contributed by atoms with van der Waals surface area (Å²) in [6, 6.07) is 0. The minimum Gasteiger partial charge on any atom is -0.354 e. The van der Waals surface area contributed by atoms with Crippen molar-refractivity contribution < 1.29 is 4.79 Å². The largest absolute Gasteiger partial charge is 0.354 e. The number of rotatable bonds is 4. The smallest absolute Gasteiger partial charge is 0.226 e.